The molecule has 0 aliphatic heterocycles. The van der Waals surface area contributed by atoms with Crippen molar-refractivity contribution in [1.29, 1.82) is 0 Å². The highest BCUT2D eigenvalue weighted by atomic mass is 31.2. The summed E-state index contributed by atoms with van der Waals surface area (Å²) in [6, 6.07) is 0. The van der Waals surface area contributed by atoms with Crippen molar-refractivity contribution in [2.75, 3.05) is 39.5 Å². The van der Waals surface area contributed by atoms with E-state index >= 15 is 0 Å². The number of hydrogen-bond donors (Lipinski definition) is 2. The van der Waals surface area contributed by atoms with Crippen LogP contribution in [-0.4, -0.2) is 63.4 Å². The van der Waals surface area contributed by atoms with E-state index in [2.05, 4.69) is 0 Å². The van der Waals surface area contributed by atoms with Crippen LogP contribution in [0.3, 0.4) is 0 Å². The molecule has 0 aliphatic rings. The second kappa shape index (κ2) is 24.2. The fourth-order valence-electron chi connectivity index (χ4n) is 3.43. The molecule has 0 heterocycles. The number of alkyl halides is 1. The van der Waals surface area contributed by atoms with Gasteiger partial charge in [0.05, 0.1) is 26.0 Å². The maximum absolute atomic E-state index is 12.0. The van der Waals surface area contributed by atoms with Crippen LogP contribution in [0.15, 0.2) is 0 Å². The quantitative estimate of drug-likeness (QED) is 0.0974. The Morgan fingerprint density at radius 3 is 1.69 bits per heavy atom. The van der Waals surface area contributed by atoms with Gasteiger partial charge in [-0.25, -0.2) is 0 Å². The average Bonchev–Trinajstić information content (AvgIpc) is 2.78. The summed E-state index contributed by atoms with van der Waals surface area (Å²) in [6.07, 6.45) is 17.3. The number of unbranched alkanes of at least 4 members (excludes halogenated alkanes) is 13. The van der Waals surface area contributed by atoms with Gasteiger partial charge in [0, 0.05) is 13.2 Å². The molecule has 6 nitrogen and oxygen atoms in total. The first-order valence-corrected chi connectivity index (χ1v) is 14.6. The summed E-state index contributed by atoms with van der Waals surface area (Å²) < 4.78 is 39.5. The van der Waals surface area contributed by atoms with Crippen molar-refractivity contribution in [1.82, 2.24) is 0 Å². The minimum absolute atomic E-state index is 0.159. The van der Waals surface area contributed by atoms with Gasteiger partial charge in [0.1, 0.15) is 14.2 Å². The Hall–Kier alpha value is 0.0249. The molecule has 2 atom stereocenters. The van der Waals surface area contributed by atoms with E-state index in [1.54, 1.807) is 0 Å². The van der Waals surface area contributed by atoms with Gasteiger partial charge in [0.2, 0.25) is 0 Å². The minimum Gasteiger partial charge on any atom is -0.394 e. The van der Waals surface area contributed by atoms with E-state index in [0.29, 0.717) is 19.3 Å². The van der Waals surface area contributed by atoms with E-state index in [4.69, 9.17) is 19.1 Å². The van der Waals surface area contributed by atoms with Crippen LogP contribution in [0.1, 0.15) is 96.3 Å². The summed E-state index contributed by atoms with van der Waals surface area (Å²) in [7, 11) is -1.93. The van der Waals surface area contributed by atoms with E-state index in [0.717, 1.165) is 25.9 Å². The van der Waals surface area contributed by atoms with Gasteiger partial charge in [-0.15, -0.1) is 0 Å². The summed E-state index contributed by atoms with van der Waals surface area (Å²) in [5.74, 6) is 0. The van der Waals surface area contributed by atoms with E-state index in [-0.39, 0.29) is 19.9 Å². The molecule has 0 aromatic carbocycles. The third-order valence-corrected chi connectivity index (χ3v) is 6.59. The summed E-state index contributed by atoms with van der Waals surface area (Å²) >= 11 is 0. The standard InChI is InChI=1S/C23H49BFO6P/c24-20-23(21-26)30-22-32(27,28)31-19-15-18-29-17-14-12-10-8-6-4-2-1-3-5-7-9-11-13-16-25/h23,26H,1-22,24H2,(H,27,28)/t23-/m0/s1. The van der Waals surface area contributed by atoms with Gasteiger partial charge in [-0.3, -0.25) is 8.96 Å². The molecule has 0 bridgehead atoms. The summed E-state index contributed by atoms with van der Waals surface area (Å²) in [4.78, 5) is 9.68. The number of halogens is 1. The SMILES string of the molecule is BC[C@@H](CO)OCP(=O)(O)OCCCOCCCCCCCCCCCCCCCCF. The van der Waals surface area contributed by atoms with E-state index in [1.165, 1.54) is 70.6 Å². The molecule has 0 rings (SSSR count). The number of aliphatic hydroxyl groups excluding tert-OH is 1. The van der Waals surface area contributed by atoms with Crippen LogP contribution in [0.25, 0.3) is 0 Å². The van der Waals surface area contributed by atoms with Crippen molar-refractivity contribution >= 4 is 15.4 Å². The third-order valence-electron chi connectivity index (χ3n) is 5.53. The van der Waals surface area contributed by atoms with Crippen molar-refractivity contribution in [3.05, 3.63) is 0 Å². The van der Waals surface area contributed by atoms with Crippen LogP contribution in [0, 0.1) is 0 Å². The second-order valence-electron chi connectivity index (χ2n) is 8.58. The molecule has 0 aromatic heterocycles. The first-order valence-electron chi connectivity index (χ1n) is 12.9. The first kappa shape index (κ1) is 32.0. The maximum Gasteiger partial charge on any atom is 0.353 e. The van der Waals surface area contributed by atoms with Crippen molar-refractivity contribution < 1.29 is 33.0 Å². The predicted molar refractivity (Wildman–Crippen MR) is 132 cm³/mol. The molecular formula is C23H49BFO6P. The summed E-state index contributed by atoms with van der Waals surface area (Å²) in [5.41, 5.74) is 0. The van der Waals surface area contributed by atoms with Gasteiger partial charge >= 0.3 is 7.60 Å². The van der Waals surface area contributed by atoms with Crippen molar-refractivity contribution in [2.24, 2.45) is 0 Å². The highest BCUT2D eigenvalue weighted by molar-refractivity contribution is 7.52. The zero-order valence-electron chi connectivity index (χ0n) is 20.5. The Morgan fingerprint density at radius 2 is 1.22 bits per heavy atom. The summed E-state index contributed by atoms with van der Waals surface area (Å²) in [5, 5.41) is 9.01. The molecule has 0 aliphatic carbocycles. The topological polar surface area (TPSA) is 85.2 Å². The lowest BCUT2D eigenvalue weighted by atomic mass is 10.0. The molecular weight excluding hydrogens is 433 g/mol. The predicted octanol–water partition coefficient (Wildman–Crippen LogP) is 5.41. The highest BCUT2D eigenvalue weighted by Gasteiger charge is 2.21. The smallest absolute Gasteiger partial charge is 0.353 e. The normalized spacial score (nSPS) is 14.5. The summed E-state index contributed by atoms with van der Waals surface area (Å²) in [6.45, 7) is 1.06. The Labute approximate surface area is 196 Å². The van der Waals surface area contributed by atoms with Crippen LogP contribution in [0.2, 0.25) is 6.32 Å². The Bertz CT molecular complexity index is 429. The van der Waals surface area contributed by atoms with E-state index in [1.807, 2.05) is 7.85 Å². The van der Waals surface area contributed by atoms with Gasteiger partial charge in [0.25, 0.3) is 0 Å². The van der Waals surface area contributed by atoms with E-state index < -0.39 is 20.0 Å². The second-order valence-corrected chi connectivity index (χ2v) is 10.4. The lowest BCUT2D eigenvalue weighted by molar-refractivity contribution is 0.0394. The monoisotopic (exact) mass is 482 g/mol. The molecule has 0 radical (unpaired) electrons. The molecule has 1 unspecified atom stereocenters. The highest BCUT2D eigenvalue weighted by Crippen LogP contribution is 2.42. The third kappa shape index (κ3) is 23.2. The van der Waals surface area contributed by atoms with Gasteiger partial charge in [-0.05, 0) is 19.3 Å². The number of hydrogen-bond acceptors (Lipinski definition) is 5. The molecule has 32 heavy (non-hydrogen) atoms. The fraction of sp³-hybridized carbons (Fsp3) is 1.00. The number of aliphatic hydroxyl groups is 1. The maximum atomic E-state index is 12.0. The lowest BCUT2D eigenvalue weighted by Crippen LogP contribution is -2.18. The van der Waals surface area contributed by atoms with Crippen LogP contribution < -0.4 is 0 Å². The first-order chi connectivity index (χ1) is 15.6. The Kier molecular flexibility index (Phi) is 24.2. The van der Waals surface area contributed by atoms with Crippen molar-refractivity contribution in [3.8, 4) is 0 Å². The molecule has 192 valence electrons. The molecule has 0 amide bonds. The van der Waals surface area contributed by atoms with Crippen LogP contribution >= 0.6 is 7.60 Å². The zero-order valence-corrected chi connectivity index (χ0v) is 21.4. The van der Waals surface area contributed by atoms with Gasteiger partial charge in [-0.2, -0.15) is 0 Å². The van der Waals surface area contributed by atoms with Gasteiger partial charge in [-0.1, -0.05) is 83.4 Å². The molecule has 2 N–H and O–H groups in total. The molecule has 0 spiro atoms. The zero-order chi connectivity index (χ0) is 23.8. The fourth-order valence-corrected chi connectivity index (χ4v) is 4.31. The van der Waals surface area contributed by atoms with Crippen molar-refractivity contribution in [3.63, 3.8) is 0 Å². The van der Waals surface area contributed by atoms with Crippen LogP contribution in [0.4, 0.5) is 4.39 Å². The van der Waals surface area contributed by atoms with Gasteiger partial charge in [0.15, 0.2) is 0 Å². The van der Waals surface area contributed by atoms with Crippen LogP contribution in [0.5, 0.6) is 0 Å². The van der Waals surface area contributed by atoms with E-state index in [9.17, 15) is 13.8 Å². The molecule has 0 fully saturated rings. The molecule has 0 saturated carbocycles. The number of rotatable bonds is 26. The Balaban J connectivity index is 3.25. The van der Waals surface area contributed by atoms with Crippen LogP contribution in [-0.2, 0) is 18.6 Å². The average molecular weight is 482 g/mol. The van der Waals surface area contributed by atoms with Crippen molar-refractivity contribution in [2.45, 2.75) is 109 Å². The molecule has 9 heteroatoms. The minimum atomic E-state index is -3.77. The molecule has 0 saturated heterocycles. The lowest BCUT2D eigenvalue weighted by Gasteiger charge is -2.17. The molecule has 0 aromatic rings. The Morgan fingerprint density at radius 1 is 0.750 bits per heavy atom. The largest absolute Gasteiger partial charge is 0.394 e. The van der Waals surface area contributed by atoms with Gasteiger partial charge < -0.3 is 24.0 Å². The number of ether oxygens (including phenoxy) is 2.